The zero-order valence-electron chi connectivity index (χ0n) is 33.0. The Labute approximate surface area is 352 Å². The van der Waals surface area contributed by atoms with Crippen LogP contribution >= 0.6 is 0 Å². The molecule has 4 aliphatic rings. The zero-order chi connectivity index (χ0) is 45.0. The van der Waals surface area contributed by atoms with Crippen molar-refractivity contribution in [3.8, 4) is 23.0 Å². The van der Waals surface area contributed by atoms with Crippen LogP contribution < -0.4 is 0 Å². The van der Waals surface area contributed by atoms with Crippen LogP contribution in [0.4, 0.5) is 0 Å². The Morgan fingerprint density at radius 1 is 0.742 bits per heavy atom. The van der Waals surface area contributed by atoms with Crippen molar-refractivity contribution < 1.29 is 114 Å². The van der Waals surface area contributed by atoms with Crippen molar-refractivity contribution in [2.45, 2.75) is 117 Å². The minimum atomic E-state index is -2.10. The average molecular weight is 889 g/mol. The molecule has 4 saturated heterocycles. The molecule has 0 spiro atoms. The molecule has 23 nitrogen and oxygen atoms in total. The van der Waals surface area contributed by atoms with Gasteiger partial charge in [0.25, 0.3) is 0 Å². The lowest BCUT2D eigenvalue weighted by Crippen LogP contribution is -2.66. The summed E-state index contributed by atoms with van der Waals surface area (Å²) in [6.07, 6.45) is -25.0. The van der Waals surface area contributed by atoms with E-state index in [2.05, 4.69) is 0 Å². The number of aliphatic hydroxyl groups excluding tert-OH is 8. The summed E-state index contributed by atoms with van der Waals surface area (Å²) in [5.41, 5.74) is -1.37. The normalized spacial score (nSPS) is 38.9. The number of aromatic hydroxyl groups is 4. The van der Waals surface area contributed by atoms with Crippen molar-refractivity contribution in [2.24, 2.45) is 0 Å². The summed E-state index contributed by atoms with van der Waals surface area (Å²) >= 11 is 0. The number of hydrogen-bond donors (Lipinski definition) is 13. The second-order valence-electron chi connectivity index (χ2n) is 15.3. The van der Waals surface area contributed by atoms with Crippen LogP contribution in [0, 0.1) is 0 Å². The van der Waals surface area contributed by atoms with Gasteiger partial charge < -0.3 is 109 Å². The summed E-state index contributed by atoms with van der Waals surface area (Å²) in [6.45, 7) is -1.47. The van der Waals surface area contributed by atoms with Crippen molar-refractivity contribution in [1.82, 2.24) is 0 Å². The molecule has 0 unspecified atom stereocenters. The highest BCUT2D eigenvalue weighted by atomic mass is 16.8. The first kappa shape index (κ1) is 47.6. The molecule has 2 aromatic rings. The third kappa shape index (κ3) is 10.7. The van der Waals surface area contributed by atoms with Gasteiger partial charge in [0.15, 0.2) is 54.3 Å². The third-order valence-electron chi connectivity index (χ3n) is 10.8. The van der Waals surface area contributed by atoms with Crippen LogP contribution in [-0.2, 0) is 53.8 Å². The van der Waals surface area contributed by atoms with Gasteiger partial charge in [0, 0.05) is 6.08 Å². The van der Waals surface area contributed by atoms with Crippen LogP contribution in [-0.4, -0.2) is 209 Å². The lowest BCUT2D eigenvalue weighted by Gasteiger charge is -2.48. The quantitative estimate of drug-likeness (QED) is 0.0459. The van der Waals surface area contributed by atoms with Crippen LogP contribution in [0.15, 0.2) is 42.5 Å². The highest BCUT2D eigenvalue weighted by Crippen LogP contribution is 2.35. The van der Waals surface area contributed by atoms with Gasteiger partial charge in [0.05, 0.1) is 39.1 Å². The minimum Gasteiger partial charge on any atom is -0.504 e. The first-order chi connectivity index (χ1) is 29.4. The largest absolute Gasteiger partial charge is 0.504 e. The molecule has 0 radical (unpaired) electrons. The SMILES string of the molecule is C[C@@H]1O[C@@H](O[C@@H]2[C@@H](O)[C@H](OCCc3ccc(O)c(O)c3)O[C@H](CO[C@@H]3OC[C@](O)(CO)[C@H]3O)[C@H]2OC(=O)/C=C/c2ccc(O)c(O)c2)[C@H](O[C@@H]2OC[C@H](O)[C@H](O)[C@H]2O)[C@H](O)[C@H]1O. The third-order valence-corrected chi connectivity index (χ3v) is 10.8. The van der Waals surface area contributed by atoms with E-state index >= 15 is 0 Å². The molecule has 23 heteroatoms. The zero-order valence-corrected chi connectivity index (χ0v) is 33.0. The number of ether oxygens (including phenoxy) is 9. The Balaban J connectivity index is 1.32. The molecule has 4 aliphatic heterocycles. The number of benzene rings is 2. The minimum absolute atomic E-state index is 0.0818. The number of rotatable bonds is 15. The fourth-order valence-corrected chi connectivity index (χ4v) is 7.05. The summed E-state index contributed by atoms with van der Waals surface area (Å²) in [6, 6.07) is 7.70. The Morgan fingerprint density at radius 3 is 2.11 bits per heavy atom. The van der Waals surface area contributed by atoms with E-state index in [0.29, 0.717) is 5.56 Å². The smallest absolute Gasteiger partial charge is 0.331 e. The molecule has 0 saturated carbocycles. The van der Waals surface area contributed by atoms with Gasteiger partial charge in [-0.1, -0.05) is 12.1 Å². The number of carbonyl (C=O) groups excluding carboxylic acids is 1. The molecule has 0 bridgehead atoms. The van der Waals surface area contributed by atoms with Crippen molar-refractivity contribution in [3.05, 3.63) is 53.6 Å². The molecule has 6 rings (SSSR count). The van der Waals surface area contributed by atoms with Crippen LogP contribution in [0.2, 0.25) is 0 Å². The van der Waals surface area contributed by atoms with Crippen molar-refractivity contribution >= 4 is 12.0 Å². The van der Waals surface area contributed by atoms with Crippen molar-refractivity contribution in [3.63, 3.8) is 0 Å². The number of aliphatic hydroxyl groups is 9. The van der Waals surface area contributed by atoms with E-state index in [1.807, 2.05) is 0 Å². The number of hydrogen-bond acceptors (Lipinski definition) is 23. The fraction of sp³-hybridized carbons (Fsp3) is 0.615. The molecule has 0 aliphatic carbocycles. The molecule has 0 aromatic heterocycles. The fourth-order valence-electron chi connectivity index (χ4n) is 7.05. The summed E-state index contributed by atoms with van der Waals surface area (Å²) < 4.78 is 52.2. The Morgan fingerprint density at radius 2 is 1.44 bits per heavy atom. The molecule has 2 aromatic carbocycles. The Bertz CT molecular complexity index is 1830. The number of esters is 1. The molecule has 13 N–H and O–H groups in total. The van der Waals surface area contributed by atoms with Crippen molar-refractivity contribution in [1.29, 1.82) is 0 Å². The van der Waals surface area contributed by atoms with Crippen LogP contribution in [0.5, 0.6) is 23.0 Å². The highest BCUT2D eigenvalue weighted by molar-refractivity contribution is 5.87. The van der Waals surface area contributed by atoms with E-state index < -0.39 is 154 Å². The van der Waals surface area contributed by atoms with E-state index in [0.717, 1.165) is 12.1 Å². The Kier molecular flexibility index (Phi) is 15.6. The van der Waals surface area contributed by atoms with E-state index in [1.54, 1.807) is 0 Å². The van der Waals surface area contributed by atoms with Gasteiger partial charge >= 0.3 is 5.97 Å². The van der Waals surface area contributed by atoms with Gasteiger partial charge in [0.1, 0.15) is 66.6 Å². The van der Waals surface area contributed by atoms with Crippen LogP contribution in [0.3, 0.4) is 0 Å². The van der Waals surface area contributed by atoms with E-state index in [4.69, 9.17) is 42.6 Å². The molecule has 346 valence electrons. The van der Waals surface area contributed by atoms with Crippen LogP contribution in [0.25, 0.3) is 6.08 Å². The topological polar surface area (TPSA) is 363 Å². The number of phenols is 4. The summed E-state index contributed by atoms with van der Waals surface area (Å²) in [4.78, 5) is 13.5. The average Bonchev–Trinajstić information content (AvgIpc) is 3.53. The van der Waals surface area contributed by atoms with Gasteiger partial charge in [-0.05, 0) is 54.8 Å². The number of carbonyl (C=O) groups is 1. The standard InChI is InChI=1S/C39H52O23/c1-16-26(47)28(49)33(62-35-29(50)27(48)23(45)12-55-35)37(58-16)61-32-30(51)36(54-9-8-18-3-6-20(42)22(44)11-18)59-24(13-56-38-34(52)39(53,14-40)15-57-38)31(32)60-25(46)7-4-17-2-5-19(41)21(43)10-17/h2-7,10-11,16,23-24,26-38,40-45,47-53H,8-9,12-15H2,1H3/b7-4+/t16-,23-,24+,26-,27-,28+,29+,30+,31+,32+,33+,34-,35-,36+,37-,38+,39+/m0/s1. The maximum absolute atomic E-state index is 13.5. The second kappa shape index (κ2) is 20.3. The summed E-state index contributed by atoms with van der Waals surface area (Å²) in [5, 5.41) is 135. The summed E-state index contributed by atoms with van der Waals surface area (Å²) in [5.74, 6) is -2.80. The molecule has 4 heterocycles. The van der Waals surface area contributed by atoms with Gasteiger partial charge in [-0.15, -0.1) is 0 Å². The predicted octanol–water partition coefficient (Wildman–Crippen LogP) is -4.09. The van der Waals surface area contributed by atoms with Gasteiger partial charge in [0.2, 0.25) is 0 Å². The van der Waals surface area contributed by atoms with Gasteiger partial charge in [-0.3, -0.25) is 0 Å². The molecule has 4 fully saturated rings. The Hall–Kier alpha value is -3.83. The summed E-state index contributed by atoms with van der Waals surface area (Å²) in [7, 11) is 0. The van der Waals surface area contributed by atoms with Crippen LogP contribution in [0.1, 0.15) is 18.1 Å². The highest BCUT2D eigenvalue weighted by Gasteiger charge is 2.55. The maximum atomic E-state index is 13.5. The molecular formula is C39H52O23. The first-order valence-corrected chi connectivity index (χ1v) is 19.5. The number of phenolic OH excluding ortho intramolecular Hbond substituents is 4. The van der Waals surface area contributed by atoms with E-state index in [1.165, 1.54) is 43.3 Å². The maximum Gasteiger partial charge on any atom is 0.331 e. The lowest BCUT2D eigenvalue weighted by molar-refractivity contribution is -0.382. The van der Waals surface area contributed by atoms with Gasteiger partial charge in [-0.25, -0.2) is 4.79 Å². The molecule has 0 amide bonds. The van der Waals surface area contributed by atoms with Gasteiger partial charge in [-0.2, -0.15) is 0 Å². The molecule has 17 atom stereocenters. The van der Waals surface area contributed by atoms with E-state index in [-0.39, 0.29) is 24.3 Å². The predicted molar refractivity (Wildman–Crippen MR) is 200 cm³/mol. The van der Waals surface area contributed by atoms with Crippen molar-refractivity contribution in [2.75, 3.05) is 33.0 Å². The van der Waals surface area contributed by atoms with E-state index in [9.17, 15) is 71.2 Å². The lowest BCUT2D eigenvalue weighted by atomic mass is 9.96. The molecule has 62 heavy (non-hydrogen) atoms. The monoisotopic (exact) mass is 888 g/mol. The first-order valence-electron chi connectivity index (χ1n) is 19.5. The second-order valence-corrected chi connectivity index (χ2v) is 15.3. The molecular weight excluding hydrogens is 836 g/mol.